The van der Waals surface area contributed by atoms with Gasteiger partial charge in [-0.3, -0.25) is 0 Å². The molecule has 0 spiro atoms. The summed E-state index contributed by atoms with van der Waals surface area (Å²) >= 11 is 0. The number of rotatable bonds is 2. The molecule has 2 N–H and O–H groups in total. The zero-order chi connectivity index (χ0) is 13.2. The Hall–Kier alpha value is -2.01. The van der Waals surface area contributed by atoms with Crippen molar-refractivity contribution in [2.75, 3.05) is 18.0 Å². The molecule has 1 aliphatic rings. The van der Waals surface area contributed by atoms with Crippen molar-refractivity contribution in [3.63, 3.8) is 0 Å². The van der Waals surface area contributed by atoms with Gasteiger partial charge in [-0.05, 0) is 30.7 Å². The van der Waals surface area contributed by atoms with E-state index in [0.29, 0.717) is 0 Å². The summed E-state index contributed by atoms with van der Waals surface area (Å²) in [4.78, 5) is 10.7. The Morgan fingerprint density at radius 1 is 1.21 bits per heavy atom. The number of nitrogens with zero attached hydrogens (tertiary/aromatic N) is 3. The molecule has 0 radical (unpaired) electrons. The van der Waals surface area contributed by atoms with Gasteiger partial charge in [0.05, 0.1) is 5.69 Å². The van der Waals surface area contributed by atoms with Gasteiger partial charge in [-0.1, -0.05) is 0 Å². The van der Waals surface area contributed by atoms with E-state index >= 15 is 0 Å². The number of anilines is 1. The standard InChI is InChI=1S/C14H15FN4/c15-11-3-1-10(2-4-11)13-7-14(18-9-17-13)19-6-5-12(16)8-19/h1-4,7,9,12H,5-6,8,16H2/t12-/m1/s1. The molecule has 98 valence electrons. The van der Waals surface area contributed by atoms with E-state index in [0.717, 1.165) is 36.6 Å². The predicted octanol–water partition coefficient (Wildman–Crippen LogP) is 1.82. The van der Waals surface area contributed by atoms with Gasteiger partial charge in [0.25, 0.3) is 0 Å². The van der Waals surface area contributed by atoms with Crippen molar-refractivity contribution in [2.24, 2.45) is 5.73 Å². The van der Waals surface area contributed by atoms with Gasteiger partial charge < -0.3 is 10.6 Å². The van der Waals surface area contributed by atoms with Crippen molar-refractivity contribution in [1.29, 1.82) is 0 Å². The van der Waals surface area contributed by atoms with E-state index in [1.807, 2.05) is 6.07 Å². The monoisotopic (exact) mass is 258 g/mol. The van der Waals surface area contributed by atoms with Gasteiger partial charge in [0.1, 0.15) is 18.0 Å². The summed E-state index contributed by atoms with van der Waals surface area (Å²) in [7, 11) is 0. The molecule has 0 unspecified atom stereocenters. The third kappa shape index (κ3) is 2.56. The number of benzene rings is 1. The molecular weight excluding hydrogens is 243 g/mol. The summed E-state index contributed by atoms with van der Waals surface area (Å²) in [5.41, 5.74) is 7.58. The minimum absolute atomic E-state index is 0.212. The van der Waals surface area contributed by atoms with E-state index in [-0.39, 0.29) is 11.9 Å². The first-order valence-corrected chi connectivity index (χ1v) is 6.31. The number of nitrogens with two attached hydrogens (primary N) is 1. The molecule has 1 fully saturated rings. The molecule has 0 amide bonds. The van der Waals surface area contributed by atoms with Crippen molar-refractivity contribution in [3.05, 3.63) is 42.5 Å². The van der Waals surface area contributed by atoms with Crippen molar-refractivity contribution in [1.82, 2.24) is 9.97 Å². The topological polar surface area (TPSA) is 55.0 Å². The van der Waals surface area contributed by atoms with Gasteiger partial charge in [0.2, 0.25) is 0 Å². The lowest BCUT2D eigenvalue weighted by Crippen LogP contribution is -2.26. The quantitative estimate of drug-likeness (QED) is 0.892. The highest BCUT2D eigenvalue weighted by Gasteiger charge is 2.20. The summed E-state index contributed by atoms with van der Waals surface area (Å²) in [5, 5.41) is 0. The molecule has 4 nitrogen and oxygen atoms in total. The molecule has 0 bridgehead atoms. The Labute approximate surface area is 111 Å². The van der Waals surface area contributed by atoms with E-state index < -0.39 is 0 Å². The predicted molar refractivity (Wildman–Crippen MR) is 72.2 cm³/mol. The zero-order valence-electron chi connectivity index (χ0n) is 10.5. The highest BCUT2D eigenvalue weighted by Crippen LogP contribution is 2.23. The summed E-state index contributed by atoms with van der Waals surface area (Å²) < 4.78 is 12.9. The van der Waals surface area contributed by atoms with Crippen LogP contribution in [0.15, 0.2) is 36.7 Å². The maximum atomic E-state index is 12.9. The number of hydrogen-bond donors (Lipinski definition) is 1. The first-order valence-electron chi connectivity index (χ1n) is 6.31. The largest absolute Gasteiger partial charge is 0.355 e. The summed E-state index contributed by atoms with van der Waals surface area (Å²) in [6.45, 7) is 1.74. The van der Waals surface area contributed by atoms with Crippen LogP contribution < -0.4 is 10.6 Å². The number of aromatic nitrogens is 2. The fourth-order valence-electron chi connectivity index (χ4n) is 2.29. The number of halogens is 1. The molecule has 0 aliphatic carbocycles. The van der Waals surface area contributed by atoms with Crippen LogP contribution in [0.25, 0.3) is 11.3 Å². The average molecular weight is 258 g/mol. The van der Waals surface area contributed by atoms with Gasteiger partial charge in [0, 0.05) is 30.8 Å². The van der Waals surface area contributed by atoms with Crippen LogP contribution in [0.5, 0.6) is 0 Å². The van der Waals surface area contributed by atoms with E-state index in [1.54, 1.807) is 12.1 Å². The van der Waals surface area contributed by atoms with Crippen LogP contribution in [0.2, 0.25) is 0 Å². The van der Waals surface area contributed by atoms with Crippen LogP contribution in [0, 0.1) is 5.82 Å². The smallest absolute Gasteiger partial charge is 0.132 e. The lowest BCUT2D eigenvalue weighted by Gasteiger charge is -2.17. The van der Waals surface area contributed by atoms with Gasteiger partial charge in [-0.15, -0.1) is 0 Å². The maximum Gasteiger partial charge on any atom is 0.132 e. The van der Waals surface area contributed by atoms with Crippen LogP contribution in [0.4, 0.5) is 10.2 Å². The van der Waals surface area contributed by atoms with E-state index in [9.17, 15) is 4.39 Å². The van der Waals surface area contributed by atoms with Crippen molar-refractivity contribution in [3.8, 4) is 11.3 Å². The summed E-state index contributed by atoms with van der Waals surface area (Å²) in [6.07, 6.45) is 2.52. The molecule has 0 saturated carbocycles. The fourth-order valence-corrected chi connectivity index (χ4v) is 2.29. The maximum absolute atomic E-state index is 12.9. The Morgan fingerprint density at radius 3 is 2.68 bits per heavy atom. The Kier molecular flexibility index (Phi) is 3.13. The van der Waals surface area contributed by atoms with Crippen molar-refractivity contribution < 1.29 is 4.39 Å². The summed E-state index contributed by atoms with van der Waals surface area (Å²) in [5.74, 6) is 0.630. The second-order valence-electron chi connectivity index (χ2n) is 4.76. The third-order valence-corrected chi connectivity index (χ3v) is 3.34. The molecule has 2 heterocycles. The molecule has 19 heavy (non-hydrogen) atoms. The van der Waals surface area contributed by atoms with Crippen molar-refractivity contribution >= 4 is 5.82 Å². The van der Waals surface area contributed by atoms with Crippen LogP contribution in [-0.2, 0) is 0 Å². The molecule has 1 aliphatic heterocycles. The third-order valence-electron chi connectivity index (χ3n) is 3.34. The van der Waals surface area contributed by atoms with Gasteiger partial charge >= 0.3 is 0 Å². The summed E-state index contributed by atoms with van der Waals surface area (Å²) in [6, 6.07) is 8.44. The van der Waals surface area contributed by atoms with Gasteiger partial charge in [0.15, 0.2) is 0 Å². The fraction of sp³-hybridized carbons (Fsp3) is 0.286. The molecule has 2 aromatic rings. The average Bonchev–Trinajstić information content (AvgIpc) is 2.86. The molecule has 1 saturated heterocycles. The SMILES string of the molecule is N[C@@H]1CCN(c2cc(-c3ccc(F)cc3)ncn2)C1. The molecule has 3 rings (SSSR count). The second-order valence-corrected chi connectivity index (χ2v) is 4.76. The van der Waals surface area contributed by atoms with Crippen LogP contribution in [0.3, 0.4) is 0 Å². The van der Waals surface area contributed by atoms with E-state index in [2.05, 4.69) is 14.9 Å². The normalized spacial score (nSPS) is 18.8. The van der Waals surface area contributed by atoms with Crippen LogP contribution in [-0.4, -0.2) is 29.1 Å². The molecule has 1 aromatic heterocycles. The Morgan fingerprint density at radius 2 is 2.00 bits per heavy atom. The van der Waals surface area contributed by atoms with Crippen LogP contribution >= 0.6 is 0 Å². The molecule has 5 heteroatoms. The Balaban J connectivity index is 1.89. The second kappa shape index (κ2) is 4.93. The van der Waals surface area contributed by atoms with Crippen LogP contribution in [0.1, 0.15) is 6.42 Å². The zero-order valence-corrected chi connectivity index (χ0v) is 10.5. The first-order chi connectivity index (χ1) is 9.22. The minimum Gasteiger partial charge on any atom is -0.355 e. The first kappa shape index (κ1) is 12.0. The molecule has 1 aromatic carbocycles. The highest BCUT2D eigenvalue weighted by atomic mass is 19.1. The number of hydrogen-bond acceptors (Lipinski definition) is 4. The highest BCUT2D eigenvalue weighted by molar-refractivity contribution is 5.62. The molecule has 1 atom stereocenters. The lowest BCUT2D eigenvalue weighted by molar-refractivity contribution is 0.628. The van der Waals surface area contributed by atoms with Gasteiger partial charge in [-0.2, -0.15) is 0 Å². The van der Waals surface area contributed by atoms with E-state index in [1.165, 1.54) is 18.5 Å². The minimum atomic E-state index is -0.247. The lowest BCUT2D eigenvalue weighted by atomic mass is 10.1. The van der Waals surface area contributed by atoms with Gasteiger partial charge in [-0.25, -0.2) is 14.4 Å². The molecular formula is C14H15FN4. The van der Waals surface area contributed by atoms with Crippen molar-refractivity contribution in [2.45, 2.75) is 12.5 Å². The Bertz CT molecular complexity index is 570. The van der Waals surface area contributed by atoms with E-state index in [4.69, 9.17) is 5.73 Å².